The number of carbonyl (C=O) groups is 2. The van der Waals surface area contributed by atoms with E-state index in [1.165, 1.54) is 5.56 Å². The first-order chi connectivity index (χ1) is 16.5. The fourth-order valence-electron chi connectivity index (χ4n) is 4.64. The molecule has 1 unspecified atom stereocenters. The van der Waals surface area contributed by atoms with Crippen LogP contribution >= 0.6 is 0 Å². The molecule has 0 aromatic heterocycles. The molecule has 0 saturated carbocycles. The Kier molecular flexibility index (Phi) is 7.57. The van der Waals surface area contributed by atoms with Crippen molar-refractivity contribution in [2.45, 2.75) is 12.8 Å². The molecule has 1 atom stereocenters. The van der Waals surface area contributed by atoms with E-state index in [1.54, 1.807) is 38.4 Å². The van der Waals surface area contributed by atoms with Crippen LogP contribution in [0.5, 0.6) is 17.2 Å². The van der Waals surface area contributed by atoms with Gasteiger partial charge in [0.2, 0.25) is 11.8 Å². The number of hydrogen-bond acceptors (Lipinski definition) is 6. The normalized spacial score (nSPS) is 18.8. The van der Waals surface area contributed by atoms with Gasteiger partial charge in [-0.2, -0.15) is 0 Å². The maximum Gasteiger partial charge on any atom is 0.228 e. The Bertz CT molecular complexity index is 1000. The van der Waals surface area contributed by atoms with Gasteiger partial charge in [-0.05, 0) is 36.2 Å². The monoisotopic (exact) mass is 467 g/mol. The maximum atomic E-state index is 13.2. The molecule has 8 heteroatoms. The van der Waals surface area contributed by atoms with Crippen molar-refractivity contribution in [3.8, 4) is 17.2 Å². The first-order valence-electron chi connectivity index (χ1n) is 11.7. The van der Waals surface area contributed by atoms with Crippen molar-refractivity contribution in [1.82, 2.24) is 9.80 Å². The number of amides is 2. The smallest absolute Gasteiger partial charge is 0.228 e. The van der Waals surface area contributed by atoms with Crippen LogP contribution in [0.2, 0.25) is 0 Å². The van der Waals surface area contributed by atoms with Crippen LogP contribution < -0.4 is 19.1 Å². The predicted molar refractivity (Wildman–Crippen MR) is 130 cm³/mol. The fraction of sp³-hybridized carbons (Fsp3) is 0.462. The molecule has 0 radical (unpaired) electrons. The number of ether oxygens (including phenoxy) is 3. The molecule has 2 heterocycles. The second-order valence-corrected chi connectivity index (χ2v) is 8.71. The second-order valence-electron chi connectivity index (χ2n) is 8.71. The molecule has 2 saturated heterocycles. The Hall–Kier alpha value is -3.26. The molecule has 2 aromatic rings. The van der Waals surface area contributed by atoms with Crippen LogP contribution in [0.3, 0.4) is 0 Å². The van der Waals surface area contributed by atoms with Crippen LogP contribution in [0, 0.1) is 5.92 Å². The lowest BCUT2D eigenvalue weighted by Gasteiger charge is -2.36. The molecule has 0 spiro atoms. The number of piperazine rings is 1. The third-order valence-electron chi connectivity index (χ3n) is 6.71. The average molecular weight is 468 g/mol. The number of hydrogen-bond donors (Lipinski definition) is 0. The molecule has 2 aliphatic heterocycles. The van der Waals surface area contributed by atoms with Gasteiger partial charge in [-0.1, -0.05) is 12.1 Å². The third-order valence-corrected chi connectivity index (χ3v) is 6.71. The quantitative estimate of drug-likeness (QED) is 0.594. The van der Waals surface area contributed by atoms with Crippen molar-refractivity contribution in [1.29, 1.82) is 0 Å². The minimum Gasteiger partial charge on any atom is -0.497 e. The Balaban J connectivity index is 1.28. The van der Waals surface area contributed by atoms with Gasteiger partial charge in [0, 0.05) is 57.4 Å². The molecule has 182 valence electrons. The second kappa shape index (κ2) is 10.8. The van der Waals surface area contributed by atoms with Crippen molar-refractivity contribution < 1.29 is 23.8 Å². The van der Waals surface area contributed by atoms with Crippen molar-refractivity contribution >= 4 is 17.5 Å². The zero-order valence-corrected chi connectivity index (χ0v) is 20.2. The summed E-state index contributed by atoms with van der Waals surface area (Å²) >= 11 is 0. The van der Waals surface area contributed by atoms with E-state index >= 15 is 0 Å². The minimum atomic E-state index is -0.313. The van der Waals surface area contributed by atoms with Crippen LogP contribution in [0.25, 0.3) is 0 Å². The van der Waals surface area contributed by atoms with Crippen LogP contribution in [0.15, 0.2) is 42.5 Å². The van der Waals surface area contributed by atoms with E-state index in [4.69, 9.17) is 14.2 Å². The van der Waals surface area contributed by atoms with E-state index in [0.29, 0.717) is 31.1 Å². The van der Waals surface area contributed by atoms with E-state index in [0.717, 1.165) is 37.5 Å². The number of anilines is 1. The van der Waals surface area contributed by atoms with Crippen molar-refractivity contribution in [3.63, 3.8) is 0 Å². The molecular formula is C26H33N3O5. The topological polar surface area (TPSA) is 71.6 Å². The van der Waals surface area contributed by atoms with Crippen LogP contribution in [-0.2, 0) is 16.0 Å². The fourth-order valence-corrected chi connectivity index (χ4v) is 4.64. The molecule has 8 nitrogen and oxygen atoms in total. The van der Waals surface area contributed by atoms with Gasteiger partial charge in [0.15, 0.2) is 11.5 Å². The summed E-state index contributed by atoms with van der Waals surface area (Å²) < 4.78 is 15.9. The number of carbonyl (C=O) groups excluding carboxylic acids is 2. The molecule has 34 heavy (non-hydrogen) atoms. The van der Waals surface area contributed by atoms with Crippen LogP contribution in [-0.4, -0.2) is 82.2 Å². The lowest BCUT2D eigenvalue weighted by Crippen LogP contribution is -2.51. The Morgan fingerprint density at radius 1 is 0.912 bits per heavy atom. The molecule has 2 fully saturated rings. The van der Waals surface area contributed by atoms with Gasteiger partial charge in [0.25, 0.3) is 0 Å². The first-order valence-corrected chi connectivity index (χ1v) is 11.7. The van der Waals surface area contributed by atoms with Gasteiger partial charge < -0.3 is 24.0 Å². The summed E-state index contributed by atoms with van der Waals surface area (Å²) in [4.78, 5) is 31.9. The summed E-state index contributed by atoms with van der Waals surface area (Å²) in [5.74, 6) is 1.76. The van der Waals surface area contributed by atoms with E-state index in [9.17, 15) is 9.59 Å². The highest BCUT2D eigenvalue weighted by molar-refractivity contribution is 6.00. The van der Waals surface area contributed by atoms with E-state index in [-0.39, 0.29) is 24.2 Å². The summed E-state index contributed by atoms with van der Waals surface area (Å²) in [6.45, 7) is 4.45. The lowest BCUT2D eigenvalue weighted by atomic mass is 10.1. The summed E-state index contributed by atoms with van der Waals surface area (Å²) in [5.41, 5.74) is 2.00. The Labute approximate surface area is 201 Å². The molecule has 2 aromatic carbocycles. The third kappa shape index (κ3) is 5.28. The summed E-state index contributed by atoms with van der Waals surface area (Å²) in [7, 11) is 4.81. The predicted octanol–water partition coefficient (Wildman–Crippen LogP) is 2.45. The SMILES string of the molecule is COc1ccc(CCN2CCN(C(=O)C3CC(=O)N(c4ccc(OC)c(OC)c4)C3)CC2)cc1. The molecular weight excluding hydrogens is 434 g/mol. The van der Waals surface area contributed by atoms with Gasteiger partial charge in [-0.3, -0.25) is 14.5 Å². The lowest BCUT2D eigenvalue weighted by molar-refractivity contribution is -0.137. The van der Waals surface area contributed by atoms with E-state index in [1.807, 2.05) is 23.1 Å². The van der Waals surface area contributed by atoms with Gasteiger partial charge in [-0.15, -0.1) is 0 Å². The molecule has 2 aliphatic rings. The highest BCUT2D eigenvalue weighted by Crippen LogP contribution is 2.34. The summed E-state index contributed by atoms with van der Waals surface area (Å²) in [6, 6.07) is 13.6. The van der Waals surface area contributed by atoms with Gasteiger partial charge in [-0.25, -0.2) is 0 Å². The standard InChI is InChI=1S/C26H33N3O5/c1-32-22-7-4-19(5-8-22)10-11-27-12-14-28(15-13-27)26(31)20-16-25(30)29(18-20)21-6-9-23(33-2)24(17-21)34-3/h4-9,17,20H,10-16,18H2,1-3H3. The first kappa shape index (κ1) is 23.9. The maximum absolute atomic E-state index is 13.2. The number of benzene rings is 2. The van der Waals surface area contributed by atoms with Crippen molar-refractivity contribution in [2.75, 3.05) is 65.5 Å². The Morgan fingerprint density at radius 2 is 1.62 bits per heavy atom. The molecule has 0 aliphatic carbocycles. The number of methoxy groups -OCH3 is 3. The summed E-state index contributed by atoms with van der Waals surface area (Å²) in [6.07, 6.45) is 1.21. The highest BCUT2D eigenvalue weighted by atomic mass is 16.5. The van der Waals surface area contributed by atoms with Crippen molar-refractivity contribution in [3.05, 3.63) is 48.0 Å². The molecule has 4 rings (SSSR count). The Morgan fingerprint density at radius 3 is 2.26 bits per heavy atom. The molecule has 0 bridgehead atoms. The van der Waals surface area contributed by atoms with Crippen molar-refractivity contribution in [2.24, 2.45) is 5.92 Å². The van der Waals surface area contributed by atoms with Gasteiger partial charge >= 0.3 is 0 Å². The number of nitrogens with zero attached hydrogens (tertiary/aromatic N) is 3. The number of rotatable bonds is 8. The molecule has 2 amide bonds. The van der Waals surface area contributed by atoms with E-state index < -0.39 is 0 Å². The molecule has 0 N–H and O–H groups in total. The largest absolute Gasteiger partial charge is 0.497 e. The zero-order chi connectivity index (χ0) is 24.1. The van der Waals surface area contributed by atoms with Gasteiger partial charge in [0.05, 0.1) is 27.2 Å². The zero-order valence-electron chi connectivity index (χ0n) is 20.2. The van der Waals surface area contributed by atoms with Crippen LogP contribution in [0.4, 0.5) is 5.69 Å². The van der Waals surface area contributed by atoms with E-state index in [2.05, 4.69) is 17.0 Å². The van der Waals surface area contributed by atoms with Crippen LogP contribution in [0.1, 0.15) is 12.0 Å². The summed E-state index contributed by atoms with van der Waals surface area (Å²) in [5, 5.41) is 0. The average Bonchev–Trinajstić information content (AvgIpc) is 3.28. The minimum absolute atomic E-state index is 0.0382. The highest BCUT2D eigenvalue weighted by Gasteiger charge is 2.38. The van der Waals surface area contributed by atoms with Gasteiger partial charge in [0.1, 0.15) is 5.75 Å².